The molecule has 0 bridgehead atoms. The molecule has 0 aromatic heterocycles. The van der Waals surface area contributed by atoms with E-state index < -0.39 is 10.0 Å². The summed E-state index contributed by atoms with van der Waals surface area (Å²) in [6, 6.07) is 6.18. The Morgan fingerprint density at radius 2 is 2.20 bits per heavy atom. The molecular weight excluding hydrogens is 212 g/mol. The molecule has 0 aliphatic rings. The first-order valence-corrected chi connectivity index (χ1v) is 6.00. The smallest absolute Gasteiger partial charge is 0.240 e. The Morgan fingerprint density at radius 3 is 2.80 bits per heavy atom. The Morgan fingerprint density at radius 1 is 1.47 bits per heavy atom. The second kappa shape index (κ2) is 4.95. The van der Waals surface area contributed by atoms with Gasteiger partial charge in [0.1, 0.15) is 0 Å². The first-order chi connectivity index (χ1) is 7.06. The highest BCUT2D eigenvalue weighted by Gasteiger charge is 2.12. The average Bonchev–Trinajstić information content (AvgIpc) is 2.18. The average molecular weight is 226 g/mol. The molecule has 0 fully saturated rings. The zero-order chi connectivity index (χ0) is 11.3. The summed E-state index contributed by atoms with van der Waals surface area (Å²) in [4.78, 5) is 0.187. The molecule has 82 valence electrons. The number of nitrogens with two attached hydrogens (primary N) is 1. The quantitative estimate of drug-likeness (QED) is 0.449. The van der Waals surface area contributed by atoms with Crippen molar-refractivity contribution in [2.45, 2.75) is 11.3 Å². The summed E-state index contributed by atoms with van der Waals surface area (Å²) in [7, 11) is -3.43. The zero-order valence-corrected chi connectivity index (χ0v) is 9.13. The van der Waals surface area contributed by atoms with Gasteiger partial charge in [0.15, 0.2) is 0 Å². The number of nitrogens with one attached hydrogen (secondary N) is 1. The fourth-order valence-electron chi connectivity index (χ4n) is 1.06. The number of sulfonamides is 1. The van der Waals surface area contributed by atoms with Crippen molar-refractivity contribution in [1.29, 1.82) is 0 Å². The molecule has 0 atom stereocenters. The van der Waals surface area contributed by atoms with Crippen LogP contribution in [0.3, 0.4) is 0 Å². The molecule has 0 spiro atoms. The molecular formula is C10H14N2O2S. The van der Waals surface area contributed by atoms with E-state index in [4.69, 9.17) is 5.73 Å². The van der Waals surface area contributed by atoms with Gasteiger partial charge < -0.3 is 5.73 Å². The highest BCUT2D eigenvalue weighted by atomic mass is 32.2. The number of anilines is 1. The Labute approximate surface area is 89.9 Å². The molecule has 0 radical (unpaired) electrons. The maximum Gasteiger partial charge on any atom is 0.240 e. The second-order valence-corrected chi connectivity index (χ2v) is 4.81. The molecule has 0 unspecified atom stereocenters. The van der Waals surface area contributed by atoms with Crippen molar-refractivity contribution in [2.24, 2.45) is 0 Å². The zero-order valence-electron chi connectivity index (χ0n) is 8.31. The van der Waals surface area contributed by atoms with Gasteiger partial charge in [0.2, 0.25) is 10.0 Å². The fourth-order valence-corrected chi connectivity index (χ4v) is 2.16. The Hall–Kier alpha value is -1.33. The molecule has 5 heteroatoms. The summed E-state index contributed by atoms with van der Waals surface area (Å²) >= 11 is 0. The first kappa shape index (κ1) is 11.7. The van der Waals surface area contributed by atoms with Crippen LogP contribution in [-0.4, -0.2) is 15.0 Å². The van der Waals surface area contributed by atoms with Crippen LogP contribution in [0.15, 0.2) is 41.8 Å². The maximum atomic E-state index is 11.7. The van der Waals surface area contributed by atoms with Gasteiger partial charge in [-0.2, -0.15) is 0 Å². The van der Waals surface area contributed by atoms with E-state index in [2.05, 4.69) is 11.3 Å². The molecule has 1 aromatic carbocycles. The van der Waals surface area contributed by atoms with Crippen molar-refractivity contribution in [1.82, 2.24) is 4.72 Å². The van der Waals surface area contributed by atoms with Gasteiger partial charge in [-0.05, 0) is 24.6 Å². The molecule has 0 saturated carbocycles. The van der Waals surface area contributed by atoms with Crippen molar-refractivity contribution >= 4 is 15.7 Å². The number of hydrogen-bond donors (Lipinski definition) is 2. The topological polar surface area (TPSA) is 72.2 Å². The molecule has 3 N–H and O–H groups in total. The number of hydrogen-bond acceptors (Lipinski definition) is 3. The molecule has 0 heterocycles. The standard InChI is InChI=1S/C10H14N2O2S/c1-2-3-7-12-15(13,14)10-6-4-5-9(11)8-10/h2,4-6,8,12H,1,3,7,11H2. The molecule has 1 rings (SSSR count). The van der Waals surface area contributed by atoms with Crippen molar-refractivity contribution in [3.63, 3.8) is 0 Å². The molecule has 15 heavy (non-hydrogen) atoms. The van der Waals surface area contributed by atoms with Gasteiger partial charge in [-0.3, -0.25) is 0 Å². The lowest BCUT2D eigenvalue weighted by atomic mass is 10.3. The Kier molecular flexibility index (Phi) is 3.88. The summed E-state index contributed by atoms with van der Waals surface area (Å²) in [5, 5.41) is 0. The third-order valence-corrected chi connectivity index (χ3v) is 3.27. The lowest BCUT2D eigenvalue weighted by molar-refractivity contribution is 0.582. The predicted octanol–water partition coefficient (Wildman–Crippen LogP) is 1.12. The number of rotatable bonds is 5. The minimum Gasteiger partial charge on any atom is -0.399 e. The first-order valence-electron chi connectivity index (χ1n) is 4.52. The van der Waals surface area contributed by atoms with E-state index in [0.717, 1.165) is 0 Å². The van der Waals surface area contributed by atoms with Crippen LogP contribution in [0.2, 0.25) is 0 Å². The Bertz CT molecular complexity index is 440. The number of benzene rings is 1. The molecule has 4 nitrogen and oxygen atoms in total. The van der Waals surface area contributed by atoms with Crippen molar-refractivity contribution < 1.29 is 8.42 Å². The summed E-state index contributed by atoms with van der Waals surface area (Å²) in [5.41, 5.74) is 5.93. The van der Waals surface area contributed by atoms with Crippen LogP contribution in [0.25, 0.3) is 0 Å². The molecule has 1 aromatic rings. The maximum absolute atomic E-state index is 11.7. The van der Waals surface area contributed by atoms with Crippen molar-refractivity contribution in [3.05, 3.63) is 36.9 Å². The van der Waals surface area contributed by atoms with Crippen LogP contribution in [0.5, 0.6) is 0 Å². The van der Waals surface area contributed by atoms with Gasteiger partial charge in [-0.15, -0.1) is 6.58 Å². The highest BCUT2D eigenvalue weighted by Crippen LogP contribution is 2.12. The van der Waals surface area contributed by atoms with E-state index in [1.807, 2.05) is 0 Å². The van der Waals surface area contributed by atoms with E-state index >= 15 is 0 Å². The third-order valence-electron chi connectivity index (χ3n) is 1.81. The predicted molar refractivity (Wildman–Crippen MR) is 60.9 cm³/mol. The third kappa shape index (κ3) is 3.38. The molecule has 0 aliphatic heterocycles. The lowest BCUT2D eigenvalue weighted by Crippen LogP contribution is -2.24. The van der Waals surface area contributed by atoms with Gasteiger partial charge >= 0.3 is 0 Å². The van der Waals surface area contributed by atoms with Crippen LogP contribution in [0.1, 0.15) is 6.42 Å². The van der Waals surface area contributed by atoms with E-state index in [1.54, 1.807) is 18.2 Å². The minimum absolute atomic E-state index is 0.187. The van der Waals surface area contributed by atoms with Crippen LogP contribution < -0.4 is 10.5 Å². The van der Waals surface area contributed by atoms with Crippen molar-refractivity contribution in [2.75, 3.05) is 12.3 Å². The second-order valence-electron chi connectivity index (χ2n) is 3.05. The molecule has 0 saturated heterocycles. The SMILES string of the molecule is C=CCCNS(=O)(=O)c1cccc(N)c1. The normalized spacial score (nSPS) is 11.2. The van der Waals surface area contributed by atoms with Gasteiger partial charge in [0.05, 0.1) is 4.90 Å². The minimum atomic E-state index is -3.43. The highest BCUT2D eigenvalue weighted by molar-refractivity contribution is 7.89. The van der Waals surface area contributed by atoms with Crippen LogP contribution >= 0.6 is 0 Å². The van der Waals surface area contributed by atoms with Crippen LogP contribution in [-0.2, 0) is 10.0 Å². The van der Waals surface area contributed by atoms with E-state index in [9.17, 15) is 8.42 Å². The van der Waals surface area contributed by atoms with Crippen LogP contribution in [0.4, 0.5) is 5.69 Å². The largest absolute Gasteiger partial charge is 0.399 e. The van der Waals surface area contributed by atoms with Gasteiger partial charge in [-0.1, -0.05) is 12.1 Å². The summed E-state index contributed by atoms with van der Waals surface area (Å²) < 4.78 is 25.8. The summed E-state index contributed by atoms with van der Waals surface area (Å²) in [6.07, 6.45) is 2.25. The molecule has 0 amide bonds. The van der Waals surface area contributed by atoms with E-state index in [-0.39, 0.29) is 4.90 Å². The van der Waals surface area contributed by atoms with Gasteiger partial charge in [-0.25, -0.2) is 13.1 Å². The fraction of sp³-hybridized carbons (Fsp3) is 0.200. The van der Waals surface area contributed by atoms with Crippen LogP contribution in [0, 0.1) is 0 Å². The van der Waals surface area contributed by atoms with Gasteiger partial charge in [0, 0.05) is 12.2 Å². The number of nitrogen functional groups attached to an aromatic ring is 1. The van der Waals surface area contributed by atoms with E-state index in [0.29, 0.717) is 18.7 Å². The molecule has 0 aliphatic carbocycles. The lowest BCUT2D eigenvalue weighted by Gasteiger charge is -2.05. The Balaban J connectivity index is 2.82. The summed E-state index contributed by atoms with van der Waals surface area (Å²) in [5.74, 6) is 0. The monoisotopic (exact) mass is 226 g/mol. The van der Waals surface area contributed by atoms with Crippen molar-refractivity contribution in [3.8, 4) is 0 Å². The summed E-state index contributed by atoms with van der Waals surface area (Å²) in [6.45, 7) is 3.86. The van der Waals surface area contributed by atoms with E-state index in [1.165, 1.54) is 12.1 Å². The van der Waals surface area contributed by atoms with Gasteiger partial charge in [0.25, 0.3) is 0 Å².